The lowest BCUT2D eigenvalue weighted by Crippen LogP contribution is -2.26. The van der Waals surface area contributed by atoms with Crippen molar-refractivity contribution in [2.24, 2.45) is 0 Å². The average Bonchev–Trinajstić information content (AvgIpc) is 2.74. The molecular formula is C24H23ClN2O3. The highest BCUT2D eigenvalue weighted by Gasteiger charge is 2.12. The molecule has 0 saturated carbocycles. The summed E-state index contributed by atoms with van der Waals surface area (Å²) in [5, 5.41) is 6.34. The van der Waals surface area contributed by atoms with Gasteiger partial charge in [-0.2, -0.15) is 0 Å². The molecule has 5 nitrogen and oxygen atoms in total. The molecule has 3 rings (SSSR count). The third-order valence-electron chi connectivity index (χ3n) is 4.57. The molecule has 0 bridgehead atoms. The summed E-state index contributed by atoms with van der Waals surface area (Å²) >= 11 is 5.92. The van der Waals surface area contributed by atoms with Crippen LogP contribution in [0.1, 0.15) is 34.5 Å². The summed E-state index contributed by atoms with van der Waals surface area (Å²) in [5.41, 5.74) is 2.99. The van der Waals surface area contributed by atoms with Crippen molar-refractivity contribution >= 4 is 29.1 Å². The van der Waals surface area contributed by atoms with Crippen LogP contribution in [0, 0.1) is 6.92 Å². The molecule has 0 spiro atoms. The Morgan fingerprint density at radius 3 is 2.37 bits per heavy atom. The summed E-state index contributed by atoms with van der Waals surface area (Å²) in [7, 11) is 0. The molecule has 0 radical (unpaired) electrons. The Morgan fingerprint density at radius 2 is 1.70 bits per heavy atom. The first-order valence-electron chi connectivity index (χ1n) is 9.57. The number of halogens is 1. The lowest BCUT2D eigenvalue weighted by molar-refractivity contribution is -0.118. The fourth-order valence-corrected chi connectivity index (χ4v) is 3.15. The van der Waals surface area contributed by atoms with Crippen molar-refractivity contribution in [1.82, 2.24) is 5.32 Å². The number of carbonyl (C=O) groups is 2. The molecule has 1 atom stereocenters. The van der Waals surface area contributed by atoms with E-state index in [4.69, 9.17) is 16.3 Å². The molecule has 1 unspecified atom stereocenters. The minimum Gasteiger partial charge on any atom is -0.483 e. The highest BCUT2D eigenvalue weighted by molar-refractivity contribution is 6.30. The van der Waals surface area contributed by atoms with Crippen LogP contribution in [-0.2, 0) is 4.79 Å². The van der Waals surface area contributed by atoms with E-state index >= 15 is 0 Å². The Bertz CT molecular complexity index is 1020. The van der Waals surface area contributed by atoms with Crippen molar-refractivity contribution in [1.29, 1.82) is 0 Å². The van der Waals surface area contributed by atoms with Crippen LogP contribution in [-0.4, -0.2) is 18.4 Å². The number of nitrogens with one attached hydrogen (secondary N) is 2. The molecule has 0 aromatic heterocycles. The lowest BCUT2D eigenvalue weighted by atomic mass is 10.1. The molecule has 30 heavy (non-hydrogen) atoms. The highest BCUT2D eigenvalue weighted by Crippen LogP contribution is 2.21. The van der Waals surface area contributed by atoms with E-state index in [1.54, 1.807) is 42.5 Å². The van der Waals surface area contributed by atoms with Crippen molar-refractivity contribution in [2.45, 2.75) is 19.9 Å². The molecule has 3 aromatic carbocycles. The van der Waals surface area contributed by atoms with Gasteiger partial charge in [-0.05, 0) is 67.4 Å². The van der Waals surface area contributed by atoms with Gasteiger partial charge < -0.3 is 15.4 Å². The molecule has 2 amide bonds. The maximum absolute atomic E-state index is 12.4. The molecule has 154 valence electrons. The molecule has 0 heterocycles. The normalized spacial score (nSPS) is 11.4. The van der Waals surface area contributed by atoms with Gasteiger partial charge in [0.25, 0.3) is 11.8 Å². The van der Waals surface area contributed by atoms with Gasteiger partial charge in [-0.15, -0.1) is 0 Å². The number of hydrogen-bond acceptors (Lipinski definition) is 3. The Labute approximate surface area is 181 Å². The van der Waals surface area contributed by atoms with Crippen LogP contribution in [0.25, 0.3) is 0 Å². The van der Waals surface area contributed by atoms with E-state index in [2.05, 4.69) is 10.6 Å². The molecular weight excluding hydrogens is 400 g/mol. The molecule has 0 fully saturated rings. The van der Waals surface area contributed by atoms with E-state index < -0.39 is 0 Å². The van der Waals surface area contributed by atoms with Crippen molar-refractivity contribution in [3.05, 3.63) is 94.5 Å². The Balaban J connectivity index is 1.52. The highest BCUT2D eigenvalue weighted by atomic mass is 35.5. The lowest BCUT2D eigenvalue weighted by Gasteiger charge is -2.14. The summed E-state index contributed by atoms with van der Waals surface area (Å²) < 4.78 is 5.54. The standard InChI is InChI=1S/C24H23ClN2O3/c1-16-14-20(25)10-13-22(16)30-15-23(28)27-21-11-8-19(9-12-21)24(29)26-17(2)18-6-4-3-5-7-18/h3-14,17H,15H2,1-2H3,(H,26,29)(H,27,28). The number of ether oxygens (including phenoxy) is 1. The second-order valence-electron chi connectivity index (χ2n) is 6.93. The van der Waals surface area contributed by atoms with Gasteiger partial charge in [-0.3, -0.25) is 9.59 Å². The van der Waals surface area contributed by atoms with Gasteiger partial charge in [-0.1, -0.05) is 41.9 Å². The van der Waals surface area contributed by atoms with Crippen molar-refractivity contribution < 1.29 is 14.3 Å². The molecule has 0 aliphatic heterocycles. The number of anilines is 1. The van der Waals surface area contributed by atoms with Crippen LogP contribution in [0.3, 0.4) is 0 Å². The first-order valence-corrected chi connectivity index (χ1v) is 9.95. The van der Waals surface area contributed by atoms with E-state index in [0.29, 0.717) is 22.0 Å². The Hall–Kier alpha value is -3.31. The predicted octanol–water partition coefficient (Wildman–Crippen LogP) is 5.16. The van der Waals surface area contributed by atoms with Gasteiger partial charge in [0.05, 0.1) is 6.04 Å². The largest absolute Gasteiger partial charge is 0.483 e. The maximum atomic E-state index is 12.4. The number of benzene rings is 3. The zero-order valence-electron chi connectivity index (χ0n) is 16.8. The molecule has 2 N–H and O–H groups in total. The summed E-state index contributed by atoms with van der Waals surface area (Å²) in [6.07, 6.45) is 0. The fraction of sp³-hybridized carbons (Fsp3) is 0.167. The molecule has 0 saturated heterocycles. The van der Waals surface area contributed by atoms with Crippen molar-refractivity contribution in [2.75, 3.05) is 11.9 Å². The fourth-order valence-electron chi connectivity index (χ4n) is 2.93. The first kappa shape index (κ1) is 21.4. The molecule has 0 aliphatic carbocycles. The van der Waals surface area contributed by atoms with Crippen molar-refractivity contribution in [3.63, 3.8) is 0 Å². The third kappa shape index (κ3) is 5.84. The quantitative estimate of drug-likeness (QED) is 0.552. The van der Waals surface area contributed by atoms with Crippen LogP contribution >= 0.6 is 11.6 Å². The first-order chi connectivity index (χ1) is 14.4. The smallest absolute Gasteiger partial charge is 0.262 e. The van der Waals surface area contributed by atoms with Gasteiger partial charge in [-0.25, -0.2) is 0 Å². The summed E-state index contributed by atoms with van der Waals surface area (Å²) in [5.74, 6) is 0.138. The van der Waals surface area contributed by atoms with Crippen LogP contribution in [0.15, 0.2) is 72.8 Å². The predicted molar refractivity (Wildman–Crippen MR) is 119 cm³/mol. The Kier molecular flexibility index (Phi) is 7.09. The van der Waals surface area contributed by atoms with Gasteiger partial charge >= 0.3 is 0 Å². The zero-order chi connectivity index (χ0) is 21.5. The number of aryl methyl sites for hydroxylation is 1. The summed E-state index contributed by atoms with van der Waals surface area (Å²) in [6, 6.07) is 21.6. The van der Waals surface area contributed by atoms with E-state index in [0.717, 1.165) is 11.1 Å². The molecule has 6 heteroatoms. The minimum atomic E-state index is -0.292. The van der Waals surface area contributed by atoms with E-state index in [9.17, 15) is 9.59 Å². The SMILES string of the molecule is Cc1cc(Cl)ccc1OCC(=O)Nc1ccc(C(=O)NC(C)c2ccccc2)cc1. The summed E-state index contributed by atoms with van der Waals surface area (Å²) in [4.78, 5) is 24.6. The minimum absolute atomic E-state index is 0.105. The van der Waals surface area contributed by atoms with Gasteiger partial charge in [0.15, 0.2) is 6.61 Å². The molecule has 3 aromatic rings. The number of carbonyl (C=O) groups excluding carboxylic acids is 2. The van der Waals surface area contributed by atoms with E-state index in [1.807, 2.05) is 44.2 Å². The number of hydrogen-bond donors (Lipinski definition) is 2. The topological polar surface area (TPSA) is 67.4 Å². The van der Waals surface area contributed by atoms with Crippen LogP contribution in [0.4, 0.5) is 5.69 Å². The van der Waals surface area contributed by atoms with E-state index in [1.165, 1.54) is 0 Å². The third-order valence-corrected chi connectivity index (χ3v) is 4.81. The number of amides is 2. The van der Waals surface area contributed by atoms with Gasteiger partial charge in [0.1, 0.15) is 5.75 Å². The summed E-state index contributed by atoms with van der Waals surface area (Å²) in [6.45, 7) is 3.67. The second kappa shape index (κ2) is 9.94. The van der Waals surface area contributed by atoms with Crippen molar-refractivity contribution in [3.8, 4) is 5.75 Å². The van der Waals surface area contributed by atoms with Crippen LogP contribution < -0.4 is 15.4 Å². The molecule has 0 aliphatic rings. The van der Waals surface area contributed by atoms with Gasteiger partial charge in [0.2, 0.25) is 0 Å². The zero-order valence-corrected chi connectivity index (χ0v) is 17.6. The van der Waals surface area contributed by atoms with Crippen LogP contribution in [0.5, 0.6) is 5.75 Å². The van der Waals surface area contributed by atoms with Crippen LogP contribution in [0.2, 0.25) is 5.02 Å². The average molecular weight is 423 g/mol. The Morgan fingerprint density at radius 1 is 1.00 bits per heavy atom. The van der Waals surface area contributed by atoms with E-state index in [-0.39, 0.29) is 24.5 Å². The van der Waals surface area contributed by atoms with Gasteiger partial charge in [0, 0.05) is 16.3 Å². The number of rotatable bonds is 7. The second-order valence-corrected chi connectivity index (χ2v) is 7.37. The monoisotopic (exact) mass is 422 g/mol. The maximum Gasteiger partial charge on any atom is 0.262 e.